The number of benzene rings is 1. The van der Waals surface area contributed by atoms with Crippen molar-refractivity contribution in [2.75, 3.05) is 0 Å². The molecule has 0 aromatic heterocycles. The fourth-order valence-corrected chi connectivity index (χ4v) is 1.24. The van der Waals surface area contributed by atoms with Gasteiger partial charge in [0.2, 0.25) is 5.82 Å². The fourth-order valence-electron chi connectivity index (χ4n) is 1.24. The lowest BCUT2D eigenvalue weighted by atomic mass is 10.0. The van der Waals surface area contributed by atoms with Crippen LogP contribution in [0.5, 0.6) is 0 Å². The van der Waals surface area contributed by atoms with E-state index in [0.29, 0.717) is 0 Å². The Morgan fingerprint density at radius 3 is 1.68 bits per heavy atom. The van der Waals surface area contributed by atoms with Gasteiger partial charge in [0.25, 0.3) is 0 Å². The van der Waals surface area contributed by atoms with Gasteiger partial charge >= 0.3 is 0 Å². The zero-order valence-corrected chi connectivity index (χ0v) is 9.19. The number of halogens is 5. The molecule has 0 aliphatic carbocycles. The molecule has 0 atom stereocenters. The van der Waals surface area contributed by atoms with Crippen molar-refractivity contribution < 1.29 is 31.9 Å². The van der Waals surface area contributed by atoms with Crippen LogP contribution in [0.1, 0.15) is 12.5 Å². The Morgan fingerprint density at radius 1 is 1.00 bits per heavy atom. The number of nitriles is 1. The minimum atomic E-state index is -2.41. The highest BCUT2D eigenvalue weighted by molar-refractivity contribution is 6.03. The molecule has 0 aliphatic heterocycles. The molecule has 3 nitrogen and oxygen atoms in total. The van der Waals surface area contributed by atoms with E-state index in [0.717, 1.165) is 13.0 Å². The molecule has 0 bridgehead atoms. The second-order valence-corrected chi connectivity index (χ2v) is 3.34. The smallest absolute Gasteiger partial charge is 0.200 e. The van der Waals surface area contributed by atoms with Crippen molar-refractivity contribution in [1.29, 1.82) is 5.26 Å². The molecule has 19 heavy (non-hydrogen) atoms. The third-order valence-electron chi connectivity index (χ3n) is 2.15. The van der Waals surface area contributed by atoms with Gasteiger partial charge in [-0.1, -0.05) is 0 Å². The van der Waals surface area contributed by atoms with E-state index in [9.17, 15) is 31.9 Å². The molecule has 8 heteroatoms. The van der Waals surface area contributed by atoms with E-state index >= 15 is 0 Å². The van der Waals surface area contributed by atoms with Crippen LogP contribution < -0.4 is 0 Å². The predicted molar refractivity (Wildman–Crippen MR) is 52.1 cm³/mol. The van der Waals surface area contributed by atoms with Crippen LogP contribution in [-0.4, -0.2) is 10.9 Å². The summed E-state index contributed by atoms with van der Waals surface area (Å²) in [7, 11) is 0. The molecule has 1 aromatic rings. The monoisotopic (exact) mass is 277 g/mol. The standard InChI is InChI=1S/C11H4F5NO2/c1-3(18)4(2-17)11(19)5-6(12)8(14)10(16)9(15)7(5)13/h19H,1H3/b11-4-. The lowest BCUT2D eigenvalue weighted by molar-refractivity contribution is -0.113. The summed E-state index contributed by atoms with van der Waals surface area (Å²) in [6.45, 7) is 0.779. The van der Waals surface area contributed by atoms with Crippen LogP contribution in [0.4, 0.5) is 22.0 Å². The van der Waals surface area contributed by atoms with Gasteiger partial charge < -0.3 is 5.11 Å². The molecule has 0 spiro atoms. The van der Waals surface area contributed by atoms with E-state index in [4.69, 9.17) is 5.26 Å². The Balaban J connectivity index is 3.81. The molecule has 0 heterocycles. The van der Waals surface area contributed by atoms with Crippen molar-refractivity contribution in [3.8, 4) is 6.07 Å². The predicted octanol–water partition coefficient (Wildman–Crippen LogP) is 2.76. The summed E-state index contributed by atoms with van der Waals surface area (Å²) in [5.41, 5.74) is -2.84. The number of aliphatic hydroxyl groups excluding tert-OH is 1. The summed E-state index contributed by atoms with van der Waals surface area (Å²) >= 11 is 0. The first-order valence-electron chi connectivity index (χ1n) is 4.60. The van der Waals surface area contributed by atoms with Crippen LogP contribution >= 0.6 is 0 Å². The number of hydrogen-bond acceptors (Lipinski definition) is 3. The molecule has 0 saturated carbocycles. The van der Waals surface area contributed by atoms with E-state index < -0.39 is 51.8 Å². The molecule has 1 rings (SSSR count). The van der Waals surface area contributed by atoms with Crippen LogP contribution in [0.15, 0.2) is 5.57 Å². The highest BCUT2D eigenvalue weighted by atomic mass is 19.2. The zero-order valence-electron chi connectivity index (χ0n) is 9.19. The maximum absolute atomic E-state index is 13.3. The van der Waals surface area contributed by atoms with Crippen molar-refractivity contribution in [2.45, 2.75) is 6.92 Å². The Kier molecular flexibility index (Phi) is 3.89. The number of carbonyl (C=O) groups is 1. The third kappa shape index (κ3) is 2.27. The first-order valence-corrected chi connectivity index (χ1v) is 4.60. The lowest BCUT2D eigenvalue weighted by Crippen LogP contribution is -2.09. The minimum absolute atomic E-state index is 0.779. The van der Waals surface area contributed by atoms with Gasteiger partial charge in [-0.05, 0) is 0 Å². The molecule has 0 amide bonds. The average molecular weight is 277 g/mol. The van der Waals surface area contributed by atoms with Crippen LogP contribution in [0.3, 0.4) is 0 Å². The van der Waals surface area contributed by atoms with Crippen LogP contribution in [0.25, 0.3) is 5.76 Å². The lowest BCUT2D eigenvalue weighted by Gasteiger charge is -2.08. The first kappa shape index (κ1) is 14.6. The van der Waals surface area contributed by atoms with Crippen molar-refractivity contribution >= 4 is 11.5 Å². The van der Waals surface area contributed by atoms with Crippen LogP contribution in [0, 0.1) is 40.4 Å². The van der Waals surface area contributed by atoms with Gasteiger partial charge in [-0.15, -0.1) is 0 Å². The van der Waals surface area contributed by atoms with Crippen LogP contribution in [0.2, 0.25) is 0 Å². The van der Waals surface area contributed by atoms with E-state index in [1.165, 1.54) is 0 Å². The Hall–Kier alpha value is -2.43. The average Bonchev–Trinajstić information content (AvgIpc) is 2.34. The maximum atomic E-state index is 13.3. The zero-order chi connectivity index (χ0) is 14.9. The molecule has 0 radical (unpaired) electrons. The molecule has 0 saturated heterocycles. The van der Waals surface area contributed by atoms with E-state index in [-0.39, 0.29) is 0 Å². The minimum Gasteiger partial charge on any atom is -0.506 e. The van der Waals surface area contributed by atoms with Gasteiger partial charge in [-0.2, -0.15) is 5.26 Å². The van der Waals surface area contributed by atoms with Crippen molar-refractivity contribution in [1.82, 2.24) is 0 Å². The number of rotatable bonds is 2. The highest BCUT2D eigenvalue weighted by Gasteiger charge is 2.29. The third-order valence-corrected chi connectivity index (χ3v) is 2.15. The Morgan fingerprint density at radius 2 is 1.37 bits per heavy atom. The van der Waals surface area contributed by atoms with Gasteiger partial charge in [0.1, 0.15) is 17.4 Å². The highest BCUT2D eigenvalue weighted by Crippen LogP contribution is 2.28. The topological polar surface area (TPSA) is 61.1 Å². The summed E-state index contributed by atoms with van der Waals surface area (Å²) in [6.07, 6.45) is 0. The van der Waals surface area contributed by atoms with Gasteiger partial charge in [0, 0.05) is 6.92 Å². The summed E-state index contributed by atoms with van der Waals surface area (Å²) in [4.78, 5) is 10.9. The quantitative estimate of drug-likeness (QED) is 0.226. The fraction of sp³-hybridized carbons (Fsp3) is 0.0909. The molecule has 0 unspecified atom stereocenters. The number of ketones is 1. The number of allylic oxidation sites excluding steroid dienone is 1. The molecular formula is C11H4F5NO2. The number of Topliss-reactive ketones (excluding diaryl/α,β-unsaturated/α-hetero) is 1. The summed E-state index contributed by atoms with van der Waals surface area (Å²) < 4.78 is 65.0. The van der Waals surface area contributed by atoms with Crippen molar-refractivity contribution in [3.63, 3.8) is 0 Å². The van der Waals surface area contributed by atoms with Gasteiger partial charge in [0.15, 0.2) is 29.1 Å². The Labute approximate surface area is 103 Å². The second kappa shape index (κ2) is 5.06. The van der Waals surface area contributed by atoms with Crippen molar-refractivity contribution in [2.24, 2.45) is 0 Å². The van der Waals surface area contributed by atoms with Gasteiger partial charge in [0.05, 0.1) is 5.56 Å². The Bertz CT molecular complexity index is 616. The number of nitrogens with zero attached hydrogens (tertiary/aromatic N) is 1. The largest absolute Gasteiger partial charge is 0.506 e. The van der Waals surface area contributed by atoms with E-state index in [1.54, 1.807) is 0 Å². The van der Waals surface area contributed by atoms with Gasteiger partial charge in [-0.3, -0.25) is 4.79 Å². The number of hydrogen-bond donors (Lipinski definition) is 1. The molecule has 1 aromatic carbocycles. The summed E-state index contributed by atoms with van der Waals surface area (Å²) in [6, 6.07) is 1.12. The SMILES string of the molecule is CC(=O)/C(C#N)=C(\O)c1c(F)c(F)c(F)c(F)c1F. The molecule has 0 fully saturated rings. The van der Waals surface area contributed by atoms with Gasteiger partial charge in [-0.25, -0.2) is 22.0 Å². The number of carbonyl (C=O) groups excluding carboxylic acids is 1. The molecular weight excluding hydrogens is 273 g/mol. The first-order chi connectivity index (χ1) is 8.73. The van der Waals surface area contributed by atoms with E-state index in [1.807, 2.05) is 0 Å². The molecule has 0 aliphatic rings. The number of aliphatic hydroxyl groups is 1. The van der Waals surface area contributed by atoms with Crippen molar-refractivity contribution in [3.05, 3.63) is 40.2 Å². The maximum Gasteiger partial charge on any atom is 0.200 e. The summed E-state index contributed by atoms with van der Waals surface area (Å²) in [5, 5.41) is 17.9. The van der Waals surface area contributed by atoms with Crippen LogP contribution in [-0.2, 0) is 4.79 Å². The van der Waals surface area contributed by atoms with E-state index in [2.05, 4.69) is 0 Å². The molecule has 1 N–H and O–H groups in total. The normalized spacial score (nSPS) is 11.8. The summed E-state index contributed by atoms with van der Waals surface area (Å²) in [5.74, 6) is -14.4. The second-order valence-electron chi connectivity index (χ2n) is 3.34. The molecule has 100 valence electrons.